The van der Waals surface area contributed by atoms with Gasteiger partial charge in [-0.05, 0) is 56.2 Å². The molecule has 2 aliphatic rings. The molecule has 0 unspecified atom stereocenters. The molecule has 172 valence electrons. The van der Waals surface area contributed by atoms with Gasteiger partial charge >= 0.3 is 6.03 Å². The van der Waals surface area contributed by atoms with Crippen LogP contribution in [0.1, 0.15) is 25.5 Å². The lowest BCUT2D eigenvalue weighted by Crippen LogP contribution is -2.46. The molecule has 3 heterocycles. The van der Waals surface area contributed by atoms with Gasteiger partial charge in [-0.2, -0.15) is 0 Å². The second-order valence-corrected chi connectivity index (χ2v) is 8.49. The maximum Gasteiger partial charge on any atom is 0.314 e. The van der Waals surface area contributed by atoms with Gasteiger partial charge < -0.3 is 20.1 Å². The predicted molar refractivity (Wildman–Crippen MR) is 120 cm³/mol. The minimum Gasteiger partial charge on any atom is -0.377 e. The molecule has 8 heteroatoms. The molecular formula is C24H31FN4O3. The first-order chi connectivity index (χ1) is 15.5. The van der Waals surface area contributed by atoms with Crippen molar-refractivity contribution in [1.29, 1.82) is 0 Å². The number of hydrogen-bond acceptors (Lipinski definition) is 5. The number of nitrogens with zero attached hydrogens (tertiary/aromatic N) is 2. The first kappa shape index (κ1) is 22.6. The first-order valence-electron chi connectivity index (χ1n) is 11.3. The second kappa shape index (κ2) is 10.4. The normalized spacial score (nSPS) is 23.8. The highest BCUT2D eigenvalue weighted by atomic mass is 19.1. The molecule has 7 nitrogen and oxygen atoms in total. The molecule has 0 radical (unpaired) electrons. The van der Waals surface area contributed by atoms with E-state index in [1.807, 2.05) is 25.1 Å². The summed E-state index contributed by atoms with van der Waals surface area (Å²) in [7, 11) is 0. The van der Waals surface area contributed by atoms with E-state index in [2.05, 4.69) is 15.5 Å². The average Bonchev–Trinajstić information content (AvgIpc) is 3.08. The third-order valence-corrected chi connectivity index (χ3v) is 5.93. The summed E-state index contributed by atoms with van der Waals surface area (Å²) in [6.07, 6.45) is 1.78. The highest BCUT2D eigenvalue weighted by Crippen LogP contribution is 2.33. The molecule has 2 saturated heterocycles. The molecule has 2 amide bonds. The largest absolute Gasteiger partial charge is 0.377 e. The van der Waals surface area contributed by atoms with Gasteiger partial charge in [0.2, 0.25) is 0 Å². The molecule has 0 saturated carbocycles. The topological polar surface area (TPSA) is 75.7 Å². The van der Waals surface area contributed by atoms with Crippen molar-refractivity contribution < 1.29 is 18.7 Å². The lowest BCUT2D eigenvalue weighted by molar-refractivity contribution is -0.0848. The highest BCUT2D eigenvalue weighted by molar-refractivity contribution is 5.73. The fourth-order valence-corrected chi connectivity index (χ4v) is 4.39. The van der Waals surface area contributed by atoms with Crippen molar-refractivity contribution >= 4 is 6.03 Å². The zero-order chi connectivity index (χ0) is 22.4. The highest BCUT2D eigenvalue weighted by Gasteiger charge is 2.43. The van der Waals surface area contributed by atoms with E-state index in [0.717, 1.165) is 42.9 Å². The Balaban J connectivity index is 1.38. The Labute approximate surface area is 188 Å². The number of halogens is 1. The molecule has 0 bridgehead atoms. The van der Waals surface area contributed by atoms with Gasteiger partial charge in [0.05, 0.1) is 30.7 Å². The summed E-state index contributed by atoms with van der Waals surface area (Å²) in [6.45, 7) is 6.43. The van der Waals surface area contributed by atoms with E-state index < -0.39 is 0 Å². The number of hydrogen-bond donors (Lipinski definition) is 2. The van der Waals surface area contributed by atoms with Gasteiger partial charge in [0, 0.05) is 38.3 Å². The molecule has 1 aromatic carbocycles. The molecule has 1 spiro atoms. The quantitative estimate of drug-likeness (QED) is 0.720. The van der Waals surface area contributed by atoms with Gasteiger partial charge in [0.15, 0.2) is 0 Å². The molecule has 2 N–H and O–H groups in total. The van der Waals surface area contributed by atoms with Crippen molar-refractivity contribution in [3.8, 4) is 11.3 Å². The fraction of sp³-hybridized carbons (Fsp3) is 0.500. The Bertz CT molecular complexity index is 910. The smallest absolute Gasteiger partial charge is 0.314 e. The summed E-state index contributed by atoms with van der Waals surface area (Å²) in [5, 5.41) is 5.62. The van der Waals surface area contributed by atoms with Gasteiger partial charge in [-0.25, -0.2) is 9.18 Å². The van der Waals surface area contributed by atoms with Crippen molar-refractivity contribution in [3.05, 3.63) is 54.0 Å². The summed E-state index contributed by atoms with van der Waals surface area (Å²) in [4.78, 5) is 18.8. The Morgan fingerprint density at radius 3 is 2.91 bits per heavy atom. The molecule has 32 heavy (non-hydrogen) atoms. The number of aromatic nitrogens is 1. The van der Waals surface area contributed by atoms with Crippen molar-refractivity contribution in [2.24, 2.45) is 0 Å². The molecule has 2 aliphatic heterocycles. The average molecular weight is 443 g/mol. The number of urea groups is 1. The number of carbonyl (C=O) groups excluding carboxylic acids is 1. The van der Waals surface area contributed by atoms with E-state index in [9.17, 15) is 9.18 Å². The second-order valence-electron chi connectivity index (χ2n) is 8.49. The van der Waals surface area contributed by atoms with E-state index in [-0.39, 0.29) is 23.6 Å². The number of rotatable bonds is 6. The van der Waals surface area contributed by atoms with Crippen LogP contribution in [0.5, 0.6) is 0 Å². The molecule has 2 aromatic rings. The maximum atomic E-state index is 13.2. The van der Waals surface area contributed by atoms with Crippen LogP contribution in [0.25, 0.3) is 11.3 Å². The van der Waals surface area contributed by atoms with E-state index >= 15 is 0 Å². The van der Waals surface area contributed by atoms with Gasteiger partial charge in [-0.15, -0.1) is 0 Å². The van der Waals surface area contributed by atoms with Crippen molar-refractivity contribution in [2.45, 2.75) is 38.0 Å². The van der Waals surface area contributed by atoms with Crippen LogP contribution < -0.4 is 10.6 Å². The number of pyridine rings is 1. The SMILES string of the molecule is CCNC(=O)NC[C@H]1CC[C@]2(COCCN(Cc3cccc(-c4ccc(F)cc4)n3)C2)O1. The van der Waals surface area contributed by atoms with E-state index in [4.69, 9.17) is 14.5 Å². The Morgan fingerprint density at radius 1 is 1.25 bits per heavy atom. The fourth-order valence-electron chi connectivity index (χ4n) is 4.39. The third kappa shape index (κ3) is 5.82. The minimum atomic E-state index is -0.362. The Morgan fingerprint density at radius 2 is 2.09 bits per heavy atom. The number of ether oxygens (including phenoxy) is 2. The minimum absolute atomic E-state index is 0.0129. The molecule has 1 aromatic heterocycles. The monoisotopic (exact) mass is 442 g/mol. The zero-order valence-corrected chi connectivity index (χ0v) is 18.5. The summed E-state index contributed by atoms with van der Waals surface area (Å²) in [5.41, 5.74) is 2.32. The van der Waals surface area contributed by atoms with Crippen LogP contribution in [0.4, 0.5) is 9.18 Å². The van der Waals surface area contributed by atoms with Gasteiger partial charge in [0.25, 0.3) is 0 Å². The number of amides is 2. The molecule has 0 aliphatic carbocycles. The van der Waals surface area contributed by atoms with Crippen molar-refractivity contribution in [1.82, 2.24) is 20.5 Å². The number of nitrogens with one attached hydrogen (secondary N) is 2. The molecule has 2 fully saturated rings. The van der Waals surface area contributed by atoms with E-state index in [1.165, 1.54) is 12.1 Å². The summed E-state index contributed by atoms with van der Waals surface area (Å²) in [6, 6.07) is 12.2. The molecular weight excluding hydrogens is 411 g/mol. The first-order valence-corrected chi connectivity index (χ1v) is 11.3. The predicted octanol–water partition coefficient (Wildman–Crippen LogP) is 2.96. The summed E-state index contributed by atoms with van der Waals surface area (Å²) < 4.78 is 25.5. The van der Waals surface area contributed by atoms with Gasteiger partial charge in [-0.3, -0.25) is 9.88 Å². The zero-order valence-electron chi connectivity index (χ0n) is 18.5. The van der Waals surface area contributed by atoms with Crippen LogP contribution in [0.3, 0.4) is 0 Å². The molecule has 2 atom stereocenters. The number of benzene rings is 1. The van der Waals surface area contributed by atoms with Crippen LogP contribution in [0.2, 0.25) is 0 Å². The van der Waals surface area contributed by atoms with Crippen LogP contribution in [0.15, 0.2) is 42.5 Å². The van der Waals surface area contributed by atoms with Crippen molar-refractivity contribution in [2.75, 3.05) is 39.4 Å². The van der Waals surface area contributed by atoms with Crippen LogP contribution >= 0.6 is 0 Å². The number of carbonyl (C=O) groups is 1. The van der Waals surface area contributed by atoms with Crippen LogP contribution in [-0.2, 0) is 16.0 Å². The molecule has 4 rings (SSSR count). The van der Waals surface area contributed by atoms with E-state index in [1.54, 1.807) is 12.1 Å². The van der Waals surface area contributed by atoms with E-state index in [0.29, 0.717) is 32.8 Å². The summed E-state index contributed by atoms with van der Waals surface area (Å²) >= 11 is 0. The maximum absolute atomic E-state index is 13.2. The Hall–Kier alpha value is -2.55. The lowest BCUT2D eigenvalue weighted by Gasteiger charge is -2.32. The van der Waals surface area contributed by atoms with Crippen LogP contribution in [0, 0.1) is 5.82 Å². The van der Waals surface area contributed by atoms with Gasteiger partial charge in [-0.1, -0.05) is 6.07 Å². The standard InChI is InChI=1S/C24H31FN4O3/c1-2-26-23(30)27-14-21-10-11-24(32-21)16-29(12-13-31-17-24)15-20-4-3-5-22(28-20)18-6-8-19(25)9-7-18/h3-9,21H,2,10-17H2,1H3,(H2,26,27,30)/t21-,24+/m1/s1. The van der Waals surface area contributed by atoms with Gasteiger partial charge in [0.1, 0.15) is 11.4 Å². The third-order valence-electron chi connectivity index (χ3n) is 5.93. The lowest BCUT2D eigenvalue weighted by atomic mass is 10.00. The summed E-state index contributed by atoms with van der Waals surface area (Å²) in [5.74, 6) is -0.254. The van der Waals surface area contributed by atoms with Crippen molar-refractivity contribution in [3.63, 3.8) is 0 Å². The Kier molecular flexibility index (Phi) is 7.34. The van der Waals surface area contributed by atoms with Crippen LogP contribution in [-0.4, -0.2) is 67.0 Å².